The lowest BCUT2D eigenvalue weighted by atomic mass is 9.44. The van der Waals surface area contributed by atoms with Gasteiger partial charge >= 0.3 is 0 Å². The van der Waals surface area contributed by atoms with Crippen molar-refractivity contribution in [3.63, 3.8) is 0 Å². The molecule has 0 bridgehead atoms. The van der Waals surface area contributed by atoms with E-state index in [-0.39, 0.29) is 22.8 Å². The summed E-state index contributed by atoms with van der Waals surface area (Å²) in [6, 6.07) is 0.0304. The van der Waals surface area contributed by atoms with Crippen LogP contribution in [0.25, 0.3) is 10.4 Å². The number of hydrogen-bond acceptors (Lipinski definition) is 3. The maximum absolute atomic E-state index is 13.4. The molecule has 0 N–H and O–H groups in total. The molecule has 4 fully saturated rings. The van der Waals surface area contributed by atoms with E-state index in [2.05, 4.69) is 36.0 Å². The maximum Gasteiger partial charge on any atom is 0.139 e. The van der Waals surface area contributed by atoms with Gasteiger partial charge in [0.25, 0.3) is 0 Å². The second kappa shape index (κ2) is 8.15. The number of azide groups is 1. The molecule has 8 atom stereocenters. The van der Waals surface area contributed by atoms with Crippen LogP contribution in [0.4, 0.5) is 0 Å². The largest absolute Gasteiger partial charge is 0.299 e. The van der Waals surface area contributed by atoms with Crippen LogP contribution in [0.5, 0.6) is 0 Å². The molecule has 0 aromatic heterocycles. The van der Waals surface area contributed by atoms with Crippen molar-refractivity contribution in [3.8, 4) is 0 Å². The number of carbonyl (C=O) groups is 2. The molecule has 164 valence electrons. The summed E-state index contributed by atoms with van der Waals surface area (Å²) in [7, 11) is 0. The summed E-state index contributed by atoms with van der Waals surface area (Å²) in [4.78, 5) is 28.9. The lowest BCUT2D eigenvalue weighted by Crippen LogP contribution is -2.56. The molecule has 4 aliphatic rings. The molecule has 4 rings (SSSR count). The average molecular weight is 412 g/mol. The molecular weight excluding hydrogens is 374 g/mol. The number of fused-ring (bicyclic) bond motifs is 5. The average Bonchev–Trinajstić information content (AvgIpc) is 3.03. The van der Waals surface area contributed by atoms with E-state index in [9.17, 15) is 9.59 Å². The van der Waals surface area contributed by atoms with Crippen LogP contribution in [0.3, 0.4) is 0 Å². The van der Waals surface area contributed by atoms with E-state index in [0.29, 0.717) is 41.7 Å². The number of allylic oxidation sites excluding steroid dienone is 1. The smallest absolute Gasteiger partial charge is 0.139 e. The first-order chi connectivity index (χ1) is 14.3. The first kappa shape index (κ1) is 21.6. The molecule has 0 aromatic rings. The van der Waals surface area contributed by atoms with Crippen LogP contribution in [0.2, 0.25) is 0 Å². The van der Waals surface area contributed by atoms with Crippen molar-refractivity contribution in [2.75, 3.05) is 0 Å². The second-order valence-corrected chi connectivity index (χ2v) is 11.0. The van der Waals surface area contributed by atoms with Gasteiger partial charge in [-0.2, -0.15) is 0 Å². The number of ketones is 2. The van der Waals surface area contributed by atoms with Gasteiger partial charge in [-0.15, -0.1) is 0 Å². The van der Waals surface area contributed by atoms with Crippen LogP contribution in [-0.2, 0) is 9.59 Å². The van der Waals surface area contributed by atoms with Crippen molar-refractivity contribution in [3.05, 3.63) is 22.6 Å². The lowest BCUT2D eigenvalue weighted by Gasteiger charge is -2.59. The minimum absolute atomic E-state index is 0.0304. The van der Waals surface area contributed by atoms with E-state index < -0.39 is 0 Å². The summed E-state index contributed by atoms with van der Waals surface area (Å²) < 4.78 is 0. The quantitative estimate of drug-likeness (QED) is 0.226. The maximum atomic E-state index is 13.4. The molecule has 0 spiro atoms. The summed E-state index contributed by atoms with van der Waals surface area (Å²) in [6.07, 6.45) is 13.9. The Kier molecular flexibility index (Phi) is 5.87. The van der Waals surface area contributed by atoms with Gasteiger partial charge in [0.15, 0.2) is 0 Å². The Morgan fingerprint density at radius 3 is 2.73 bits per heavy atom. The number of hydrogen-bond donors (Lipinski definition) is 0. The van der Waals surface area contributed by atoms with Crippen molar-refractivity contribution in [1.29, 1.82) is 0 Å². The van der Waals surface area contributed by atoms with Crippen molar-refractivity contribution in [2.45, 2.75) is 91.0 Å². The predicted octanol–water partition coefficient (Wildman–Crippen LogP) is 6.43. The monoisotopic (exact) mass is 411 g/mol. The van der Waals surface area contributed by atoms with E-state index >= 15 is 0 Å². The predicted molar refractivity (Wildman–Crippen MR) is 118 cm³/mol. The third kappa shape index (κ3) is 3.43. The lowest BCUT2D eigenvalue weighted by molar-refractivity contribution is -0.157. The standard InChI is InChI=1S/C25H37N3O2/c1-4-17(27-28-26)7-5-6-16-10-12-24(2)20-11-13-25(3)19(8-9-23(25)30)18(20)15-22(29)21(24)14-16/h5-6,16-21H,4,7-15H2,1-3H3/t16?,17?,18-,19-,20+,21?,24+,25-/m0/s1. The topological polar surface area (TPSA) is 82.9 Å². The van der Waals surface area contributed by atoms with Crippen LogP contribution in [0.1, 0.15) is 85.0 Å². The van der Waals surface area contributed by atoms with Gasteiger partial charge in [0, 0.05) is 35.1 Å². The Morgan fingerprint density at radius 2 is 2.00 bits per heavy atom. The van der Waals surface area contributed by atoms with Crippen molar-refractivity contribution in [1.82, 2.24) is 0 Å². The van der Waals surface area contributed by atoms with Gasteiger partial charge in [0.1, 0.15) is 11.6 Å². The highest BCUT2D eigenvalue weighted by molar-refractivity contribution is 5.88. The van der Waals surface area contributed by atoms with Gasteiger partial charge in [0.2, 0.25) is 0 Å². The van der Waals surface area contributed by atoms with E-state index in [1.54, 1.807) is 0 Å². The summed E-state index contributed by atoms with van der Waals surface area (Å²) in [5.74, 6) is 2.98. The van der Waals surface area contributed by atoms with Crippen LogP contribution in [0.15, 0.2) is 17.3 Å². The first-order valence-corrected chi connectivity index (χ1v) is 12.1. The Bertz CT molecular complexity index is 785. The molecular formula is C25H37N3O2. The minimum atomic E-state index is -0.160. The number of Topliss-reactive ketones (excluding diaryl/α,β-unsaturated/α-hetero) is 2. The Morgan fingerprint density at radius 1 is 1.20 bits per heavy atom. The SMILES string of the molecule is CCC(CC=CC1CC[C@@]2(C)C(C1)C(=O)C[C@@H]1[C@H]2CC[C@]2(C)C(=O)CC[C@@H]12)N=[N+]=[N-]. The molecule has 3 unspecified atom stereocenters. The van der Waals surface area contributed by atoms with E-state index in [1.807, 2.05) is 6.92 Å². The zero-order valence-electron chi connectivity index (χ0n) is 18.8. The fraction of sp³-hybridized carbons (Fsp3) is 0.840. The van der Waals surface area contributed by atoms with Gasteiger partial charge in [-0.3, -0.25) is 9.59 Å². The fourth-order valence-corrected chi connectivity index (χ4v) is 7.81. The molecule has 30 heavy (non-hydrogen) atoms. The molecule has 4 aliphatic carbocycles. The van der Waals surface area contributed by atoms with Crippen molar-refractivity contribution < 1.29 is 9.59 Å². The molecule has 0 saturated heterocycles. The highest BCUT2D eigenvalue weighted by Crippen LogP contribution is 2.65. The number of rotatable bonds is 5. The van der Waals surface area contributed by atoms with Gasteiger partial charge in [-0.05, 0) is 86.0 Å². The van der Waals surface area contributed by atoms with Crippen LogP contribution < -0.4 is 0 Å². The summed E-state index contributed by atoms with van der Waals surface area (Å²) >= 11 is 0. The van der Waals surface area contributed by atoms with E-state index in [0.717, 1.165) is 57.8 Å². The molecule has 0 amide bonds. The third-order valence-electron chi connectivity index (χ3n) is 9.71. The van der Waals surface area contributed by atoms with Crippen LogP contribution >= 0.6 is 0 Å². The highest BCUT2D eigenvalue weighted by atomic mass is 16.1. The fourth-order valence-electron chi connectivity index (χ4n) is 7.81. The normalized spacial score (nSPS) is 44.2. The molecule has 0 aromatic carbocycles. The van der Waals surface area contributed by atoms with E-state index in [4.69, 9.17) is 5.53 Å². The van der Waals surface area contributed by atoms with Gasteiger partial charge in [0.05, 0.1) is 0 Å². The highest BCUT2D eigenvalue weighted by Gasteiger charge is 2.62. The molecule has 0 heterocycles. The third-order valence-corrected chi connectivity index (χ3v) is 9.71. The van der Waals surface area contributed by atoms with Crippen molar-refractivity contribution in [2.24, 2.45) is 45.5 Å². The zero-order valence-corrected chi connectivity index (χ0v) is 18.8. The number of nitrogens with zero attached hydrogens (tertiary/aromatic N) is 3. The zero-order chi connectivity index (χ0) is 21.5. The minimum Gasteiger partial charge on any atom is -0.299 e. The van der Waals surface area contributed by atoms with Gasteiger partial charge < -0.3 is 0 Å². The molecule has 4 saturated carbocycles. The summed E-state index contributed by atoms with van der Waals surface area (Å²) in [6.45, 7) is 6.62. The van der Waals surface area contributed by atoms with Crippen molar-refractivity contribution >= 4 is 11.6 Å². The van der Waals surface area contributed by atoms with Gasteiger partial charge in [-0.25, -0.2) is 0 Å². The molecule has 5 heteroatoms. The Hall–Kier alpha value is -1.61. The molecule has 5 nitrogen and oxygen atoms in total. The van der Waals surface area contributed by atoms with E-state index in [1.165, 1.54) is 0 Å². The molecule has 0 aliphatic heterocycles. The Labute approximate surface area is 180 Å². The Balaban J connectivity index is 1.47. The molecule has 0 radical (unpaired) electrons. The second-order valence-electron chi connectivity index (χ2n) is 11.0. The summed E-state index contributed by atoms with van der Waals surface area (Å²) in [5.41, 5.74) is 8.61. The first-order valence-electron chi connectivity index (χ1n) is 12.1. The van der Waals surface area contributed by atoms with Crippen LogP contribution in [-0.4, -0.2) is 17.6 Å². The van der Waals surface area contributed by atoms with Crippen LogP contribution in [0, 0.1) is 40.4 Å². The summed E-state index contributed by atoms with van der Waals surface area (Å²) in [5, 5.41) is 3.85. The van der Waals surface area contributed by atoms with Gasteiger partial charge in [-0.1, -0.05) is 38.0 Å². The number of carbonyl (C=O) groups excluding carboxylic acids is 2.